The zero-order valence-corrected chi connectivity index (χ0v) is 11.5. The average molecular weight is 237 g/mol. The van der Waals surface area contributed by atoms with Gasteiger partial charge in [-0.05, 0) is 49.9 Å². The molecule has 0 amide bonds. The summed E-state index contributed by atoms with van der Waals surface area (Å²) in [5.74, 6) is 0. The van der Waals surface area contributed by atoms with Crippen LogP contribution in [0.2, 0.25) is 0 Å². The second kappa shape index (κ2) is 6.74. The molecule has 17 heavy (non-hydrogen) atoms. The van der Waals surface area contributed by atoms with E-state index in [4.69, 9.17) is 9.57 Å². The first-order chi connectivity index (χ1) is 8.06. The van der Waals surface area contributed by atoms with E-state index >= 15 is 0 Å². The van der Waals surface area contributed by atoms with Crippen molar-refractivity contribution in [3.05, 3.63) is 34.4 Å². The zero-order valence-electron chi connectivity index (χ0n) is 11.5. The van der Waals surface area contributed by atoms with Gasteiger partial charge in [0.1, 0.15) is 0 Å². The topological polar surface area (TPSA) is 30.5 Å². The molecule has 1 aromatic rings. The Balaban J connectivity index is 2.62. The summed E-state index contributed by atoms with van der Waals surface area (Å²) in [6, 6.07) is 4.63. The number of ether oxygens (including phenoxy) is 1. The first kappa shape index (κ1) is 14.2. The Morgan fingerprint density at radius 2 is 1.71 bits per heavy atom. The molecule has 0 aliphatic rings. The van der Waals surface area contributed by atoms with Gasteiger partial charge in [-0.25, -0.2) is 0 Å². The molecule has 96 valence electrons. The summed E-state index contributed by atoms with van der Waals surface area (Å²) in [5.41, 5.74) is 8.27. The Hall–Kier alpha value is -0.900. The van der Waals surface area contributed by atoms with E-state index in [2.05, 4.69) is 45.3 Å². The van der Waals surface area contributed by atoms with Crippen LogP contribution < -0.4 is 5.48 Å². The maximum absolute atomic E-state index is 5.34. The lowest BCUT2D eigenvalue weighted by molar-refractivity contribution is -0.00935. The van der Waals surface area contributed by atoms with E-state index in [1.165, 1.54) is 22.3 Å². The van der Waals surface area contributed by atoms with Crippen LogP contribution in [-0.2, 0) is 9.57 Å². The van der Waals surface area contributed by atoms with Crippen LogP contribution in [0.3, 0.4) is 0 Å². The quantitative estimate of drug-likeness (QED) is 0.609. The minimum atomic E-state index is 0.186. The van der Waals surface area contributed by atoms with Crippen molar-refractivity contribution in [3.63, 3.8) is 0 Å². The molecule has 1 N–H and O–H groups in total. The highest BCUT2D eigenvalue weighted by molar-refractivity contribution is 5.37. The van der Waals surface area contributed by atoms with Gasteiger partial charge in [0.15, 0.2) is 0 Å². The number of nitrogens with one attached hydrogen (secondary N) is 1. The van der Waals surface area contributed by atoms with Crippen molar-refractivity contribution in [2.24, 2.45) is 0 Å². The van der Waals surface area contributed by atoms with Gasteiger partial charge in [-0.15, -0.1) is 0 Å². The Bertz CT molecular complexity index is 363. The van der Waals surface area contributed by atoms with Crippen molar-refractivity contribution in [3.8, 4) is 0 Å². The van der Waals surface area contributed by atoms with Crippen LogP contribution in [0.15, 0.2) is 12.1 Å². The highest BCUT2D eigenvalue weighted by Gasteiger charge is 2.09. The molecule has 0 aliphatic heterocycles. The van der Waals surface area contributed by atoms with Gasteiger partial charge >= 0.3 is 0 Å². The van der Waals surface area contributed by atoms with E-state index in [9.17, 15) is 0 Å². The normalized spacial score (nSPS) is 12.8. The van der Waals surface area contributed by atoms with Gasteiger partial charge in [-0.1, -0.05) is 12.1 Å². The van der Waals surface area contributed by atoms with E-state index in [0.717, 1.165) is 0 Å². The van der Waals surface area contributed by atoms with Gasteiger partial charge in [0.25, 0.3) is 0 Å². The third-order valence-electron chi connectivity index (χ3n) is 3.00. The van der Waals surface area contributed by atoms with Gasteiger partial charge < -0.3 is 4.74 Å². The SMILES string of the molecule is COCCONC(C)c1cc(C)c(C)cc1C. The van der Waals surface area contributed by atoms with Gasteiger partial charge in [0.05, 0.1) is 19.3 Å². The fraction of sp³-hybridized carbons (Fsp3) is 0.571. The van der Waals surface area contributed by atoms with Crippen LogP contribution in [0.25, 0.3) is 0 Å². The molecule has 1 unspecified atom stereocenters. The highest BCUT2D eigenvalue weighted by atomic mass is 16.7. The predicted octanol–water partition coefficient (Wildman–Crippen LogP) is 2.84. The predicted molar refractivity (Wildman–Crippen MR) is 70.0 cm³/mol. The summed E-state index contributed by atoms with van der Waals surface area (Å²) in [5, 5.41) is 0. The van der Waals surface area contributed by atoms with Crippen LogP contribution in [0.4, 0.5) is 0 Å². The van der Waals surface area contributed by atoms with E-state index < -0.39 is 0 Å². The number of aryl methyl sites for hydroxylation is 3. The van der Waals surface area contributed by atoms with Gasteiger partial charge in [-0.3, -0.25) is 4.84 Å². The monoisotopic (exact) mass is 237 g/mol. The molecule has 0 bridgehead atoms. The van der Waals surface area contributed by atoms with E-state index in [-0.39, 0.29) is 6.04 Å². The van der Waals surface area contributed by atoms with Crippen LogP contribution in [0.1, 0.15) is 35.2 Å². The molecule has 0 heterocycles. The van der Waals surface area contributed by atoms with Crippen LogP contribution >= 0.6 is 0 Å². The lowest BCUT2D eigenvalue weighted by atomic mass is 9.97. The summed E-state index contributed by atoms with van der Waals surface area (Å²) in [7, 11) is 1.67. The maximum atomic E-state index is 5.34. The molecule has 0 spiro atoms. The Morgan fingerprint density at radius 1 is 1.06 bits per heavy atom. The molecule has 0 fully saturated rings. The van der Waals surface area contributed by atoms with Crippen molar-refractivity contribution in [1.29, 1.82) is 0 Å². The summed E-state index contributed by atoms with van der Waals surface area (Å²) < 4.78 is 4.92. The van der Waals surface area contributed by atoms with Crippen molar-refractivity contribution in [2.45, 2.75) is 33.7 Å². The van der Waals surface area contributed by atoms with Crippen molar-refractivity contribution in [2.75, 3.05) is 20.3 Å². The molecule has 3 nitrogen and oxygen atoms in total. The van der Waals surface area contributed by atoms with Gasteiger partial charge in [0.2, 0.25) is 0 Å². The molecule has 0 aliphatic carbocycles. The second-order valence-electron chi connectivity index (χ2n) is 4.47. The molecule has 1 atom stereocenters. The van der Waals surface area contributed by atoms with Gasteiger partial charge in [-0.2, -0.15) is 5.48 Å². The molecular weight excluding hydrogens is 214 g/mol. The lowest BCUT2D eigenvalue weighted by Gasteiger charge is -2.18. The van der Waals surface area contributed by atoms with Crippen LogP contribution in [0, 0.1) is 20.8 Å². The lowest BCUT2D eigenvalue weighted by Crippen LogP contribution is -2.22. The molecule has 0 saturated carbocycles. The zero-order chi connectivity index (χ0) is 12.8. The minimum Gasteiger partial charge on any atom is -0.382 e. The Labute approximate surface area is 104 Å². The molecule has 1 rings (SSSR count). The van der Waals surface area contributed by atoms with E-state index in [1.807, 2.05) is 0 Å². The largest absolute Gasteiger partial charge is 0.382 e. The number of methoxy groups -OCH3 is 1. The standard InChI is InChI=1S/C14H23NO2/c1-10-8-12(3)14(9-11(10)2)13(4)15-17-7-6-16-5/h8-9,13,15H,6-7H2,1-5H3. The number of hydroxylamine groups is 1. The van der Waals surface area contributed by atoms with Gasteiger partial charge in [0, 0.05) is 7.11 Å². The smallest absolute Gasteiger partial charge is 0.0916 e. The molecular formula is C14H23NO2. The Kier molecular flexibility index (Phi) is 5.62. The maximum Gasteiger partial charge on any atom is 0.0916 e. The van der Waals surface area contributed by atoms with Crippen molar-refractivity contribution in [1.82, 2.24) is 5.48 Å². The fourth-order valence-electron chi connectivity index (χ4n) is 1.82. The summed E-state index contributed by atoms with van der Waals surface area (Å²) in [4.78, 5) is 5.34. The number of benzene rings is 1. The number of hydrogen-bond acceptors (Lipinski definition) is 3. The molecule has 3 heteroatoms. The summed E-state index contributed by atoms with van der Waals surface area (Å²) >= 11 is 0. The van der Waals surface area contributed by atoms with Crippen molar-refractivity contribution >= 4 is 0 Å². The average Bonchev–Trinajstić information content (AvgIpc) is 2.29. The fourth-order valence-corrected chi connectivity index (χ4v) is 1.82. The molecule has 1 aromatic carbocycles. The third-order valence-corrected chi connectivity index (χ3v) is 3.00. The highest BCUT2D eigenvalue weighted by Crippen LogP contribution is 2.21. The Morgan fingerprint density at radius 3 is 2.35 bits per heavy atom. The number of rotatable bonds is 6. The first-order valence-corrected chi connectivity index (χ1v) is 6.00. The molecule has 0 radical (unpaired) electrons. The third kappa shape index (κ3) is 4.11. The van der Waals surface area contributed by atoms with E-state index in [0.29, 0.717) is 13.2 Å². The number of hydrogen-bond donors (Lipinski definition) is 1. The molecule has 0 saturated heterocycles. The molecule has 0 aromatic heterocycles. The second-order valence-corrected chi connectivity index (χ2v) is 4.47. The summed E-state index contributed by atoms with van der Waals surface area (Å²) in [6.07, 6.45) is 0. The van der Waals surface area contributed by atoms with Crippen LogP contribution in [0.5, 0.6) is 0 Å². The van der Waals surface area contributed by atoms with Crippen LogP contribution in [-0.4, -0.2) is 20.3 Å². The minimum absolute atomic E-state index is 0.186. The van der Waals surface area contributed by atoms with E-state index in [1.54, 1.807) is 7.11 Å². The van der Waals surface area contributed by atoms with Crippen molar-refractivity contribution < 1.29 is 9.57 Å². The first-order valence-electron chi connectivity index (χ1n) is 6.00. The summed E-state index contributed by atoms with van der Waals surface area (Å²) in [6.45, 7) is 9.67.